The van der Waals surface area contributed by atoms with E-state index in [1.165, 1.54) is 75.6 Å². The molecule has 0 unspecified atom stereocenters. The van der Waals surface area contributed by atoms with Crippen LogP contribution in [0.1, 0.15) is 89.4 Å². The molecule has 2 rings (SSSR count). The van der Waals surface area contributed by atoms with Crippen molar-refractivity contribution < 1.29 is 0 Å². The molecule has 0 N–H and O–H groups in total. The van der Waals surface area contributed by atoms with Crippen LogP contribution in [0, 0.1) is 0 Å². The van der Waals surface area contributed by atoms with Crippen LogP contribution in [-0.2, 0) is 12.8 Å². The first-order valence-electron chi connectivity index (χ1n) is 9.56. The first kappa shape index (κ1) is 18.4. The number of fused-ring (bicyclic) bond motifs is 1. The van der Waals surface area contributed by atoms with Crippen LogP contribution in [0.5, 0.6) is 0 Å². The molecule has 2 aromatic heterocycles. The molecule has 23 heavy (non-hydrogen) atoms. The number of thiophene rings is 1. The van der Waals surface area contributed by atoms with Gasteiger partial charge in [-0.05, 0) is 25.7 Å². The van der Waals surface area contributed by atoms with Gasteiger partial charge in [0, 0.05) is 10.8 Å². The third-order valence-electron chi connectivity index (χ3n) is 4.50. The van der Waals surface area contributed by atoms with E-state index in [9.17, 15) is 0 Å². The van der Waals surface area contributed by atoms with Gasteiger partial charge in [0.1, 0.15) is 0 Å². The molecular weight excluding hydrogens is 300 g/mol. The van der Waals surface area contributed by atoms with E-state index in [1.807, 2.05) is 0 Å². The Bertz CT molecular complexity index is 514. The van der Waals surface area contributed by atoms with Crippen LogP contribution in [-0.4, -0.2) is 9.97 Å². The Morgan fingerprint density at radius 1 is 0.652 bits per heavy atom. The molecule has 3 heteroatoms. The summed E-state index contributed by atoms with van der Waals surface area (Å²) in [6.45, 7) is 4.54. The minimum Gasteiger partial charge on any atom is -0.248 e. The zero-order valence-corrected chi connectivity index (χ0v) is 15.8. The van der Waals surface area contributed by atoms with E-state index in [2.05, 4.69) is 24.6 Å². The van der Waals surface area contributed by atoms with Crippen LogP contribution in [0.15, 0.2) is 10.8 Å². The minimum absolute atomic E-state index is 1.09. The number of rotatable bonds is 12. The third-order valence-corrected chi connectivity index (χ3v) is 5.22. The Kier molecular flexibility index (Phi) is 8.59. The average molecular weight is 333 g/mol. The summed E-state index contributed by atoms with van der Waals surface area (Å²) in [5.74, 6) is 0. The predicted octanol–water partition coefficient (Wildman–Crippen LogP) is 6.72. The maximum absolute atomic E-state index is 4.92. The molecule has 0 aromatic carbocycles. The summed E-state index contributed by atoms with van der Waals surface area (Å²) in [5.41, 5.74) is 4.72. The van der Waals surface area contributed by atoms with E-state index in [1.54, 1.807) is 11.3 Å². The van der Waals surface area contributed by atoms with Gasteiger partial charge in [-0.1, -0.05) is 65.2 Å². The molecule has 2 nitrogen and oxygen atoms in total. The number of aryl methyl sites for hydroxylation is 2. The van der Waals surface area contributed by atoms with Gasteiger partial charge in [0.2, 0.25) is 0 Å². The zero-order valence-electron chi connectivity index (χ0n) is 14.9. The molecular formula is C20H32N2S. The van der Waals surface area contributed by atoms with Crippen LogP contribution >= 0.6 is 11.3 Å². The fourth-order valence-corrected chi connectivity index (χ4v) is 3.74. The normalized spacial score (nSPS) is 11.4. The molecule has 2 aromatic rings. The topological polar surface area (TPSA) is 25.8 Å². The molecule has 0 amide bonds. The maximum atomic E-state index is 4.92. The molecule has 0 bridgehead atoms. The number of nitrogens with zero attached hydrogens (tertiary/aromatic N) is 2. The van der Waals surface area contributed by atoms with Gasteiger partial charge in [-0.2, -0.15) is 0 Å². The Morgan fingerprint density at radius 2 is 1.09 bits per heavy atom. The van der Waals surface area contributed by atoms with E-state index in [-0.39, 0.29) is 0 Å². The van der Waals surface area contributed by atoms with Gasteiger partial charge in [-0.15, -0.1) is 11.3 Å². The molecule has 0 aliphatic carbocycles. The number of aromatic nitrogens is 2. The Labute approximate surface area is 145 Å². The number of hydrogen-bond acceptors (Lipinski definition) is 3. The maximum Gasteiger partial charge on any atom is 0.0997 e. The number of hydrogen-bond donors (Lipinski definition) is 0. The Hall–Kier alpha value is -0.960. The van der Waals surface area contributed by atoms with Crippen LogP contribution in [0.4, 0.5) is 0 Å². The van der Waals surface area contributed by atoms with Crippen molar-refractivity contribution in [3.05, 3.63) is 22.1 Å². The van der Waals surface area contributed by atoms with Gasteiger partial charge in [0.05, 0.1) is 22.4 Å². The largest absolute Gasteiger partial charge is 0.248 e. The summed E-state index contributed by atoms with van der Waals surface area (Å²) in [5, 5.41) is 4.27. The van der Waals surface area contributed by atoms with Crippen molar-refractivity contribution in [3.8, 4) is 0 Å². The Morgan fingerprint density at radius 3 is 1.52 bits per heavy atom. The van der Waals surface area contributed by atoms with Crippen molar-refractivity contribution in [2.24, 2.45) is 0 Å². The lowest BCUT2D eigenvalue weighted by Crippen LogP contribution is -2.02. The molecule has 2 heterocycles. The van der Waals surface area contributed by atoms with Crippen molar-refractivity contribution in [2.45, 2.75) is 90.9 Å². The lowest BCUT2D eigenvalue weighted by Gasteiger charge is -2.09. The lowest BCUT2D eigenvalue weighted by atomic mass is 10.0. The van der Waals surface area contributed by atoms with Gasteiger partial charge < -0.3 is 0 Å². The molecule has 0 radical (unpaired) electrons. The second kappa shape index (κ2) is 10.7. The van der Waals surface area contributed by atoms with Crippen molar-refractivity contribution in [2.75, 3.05) is 0 Å². The van der Waals surface area contributed by atoms with Crippen molar-refractivity contribution in [1.29, 1.82) is 0 Å². The minimum atomic E-state index is 1.09. The summed E-state index contributed by atoms with van der Waals surface area (Å²) in [7, 11) is 0. The van der Waals surface area contributed by atoms with Gasteiger partial charge in [0.15, 0.2) is 0 Å². The quantitative estimate of drug-likeness (QED) is 0.403. The van der Waals surface area contributed by atoms with Gasteiger partial charge in [-0.25, -0.2) is 9.97 Å². The van der Waals surface area contributed by atoms with E-state index in [0.717, 1.165) is 23.9 Å². The third kappa shape index (κ3) is 6.21. The highest BCUT2D eigenvalue weighted by Gasteiger charge is 2.09. The van der Waals surface area contributed by atoms with E-state index in [0.29, 0.717) is 0 Å². The van der Waals surface area contributed by atoms with Gasteiger partial charge in [-0.3, -0.25) is 0 Å². The Balaban J connectivity index is 1.93. The predicted molar refractivity (Wildman–Crippen MR) is 102 cm³/mol. The molecule has 0 saturated carbocycles. The van der Waals surface area contributed by atoms with Crippen LogP contribution in [0.3, 0.4) is 0 Å². The summed E-state index contributed by atoms with van der Waals surface area (Å²) in [6, 6.07) is 0. The SMILES string of the molecule is CCCCCCCc1nc2cscc2nc1CCCCCCC. The van der Waals surface area contributed by atoms with Gasteiger partial charge in [0.25, 0.3) is 0 Å². The smallest absolute Gasteiger partial charge is 0.0997 e. The standard InChI is InChI=1S/C20H32N2S/c1-3-5-7-9-11-13-17-18(14-12-10-8-6-4-2)22-20-16-23-15-19(20)21-17/h15-16H,3-14H2,1-2H3. The highest BCUT2D eigenvalue weighted by atomic mass is 32.1. The van der Waals surface area contributed by atoms with E-state index >= 15 is 0 Å². The zero-order chi connectivity index (χ0) is 16.3. The summed E-state index contributed by atoms with van der Waals surface area (Å²) < 4.78 is 0. The van der Waals surface area contributed by atoms with Crippen molar-refractivity contribution in [3.63, 3.8) is 0 Å². The first-order valence-corrected chi connectivity index (χ1v) is 10.5. The summed E-state index contributed by atoms with van der Waals surface area (Å²) in [6.07, 6.45) is 15.4. The second-order valence-corrected chi connectivity index (χ2v) is 7.33. The molecule has 0 saturated heterocycles. The molecule has 0 aliphatic heterocycles. The van der Waals surface area contributed by atoms with Crippen molar-refractivity contribution >= 4 is 22.4 Å². The monoisotopic (exact) mass is 332 g/mol. The summed E-state index contributed by atoms with van der Waals surface area (Å²) in [4.78, 5) is 9.83. The molecule has 0 aliphatic rings. The fraction of sp³-hybridized carbons (Fsp3) is 0.700. The van der Waals surface area contributed by atoms with Crippen LogP contribution in [0.25, 0.3) is 11.0 Å². The summed E-state index contributed by atoms with van der Waals surface area (Å²) >= 11 is 1.72. The van der Waals surface area contributed by atoms with Crippen LogP contribution in [0.2, 0.25) is 0 Å². The highest BCUT2D eigenvalue weighted by Crippen LogP contribution is 2.20. The van der Waals surface area contributed by atoms with Crippen molar-refractivity contribution in [1.82, 2.24) is 9.97 Å². The van der Waals surface area contributed by atoms with Gasteiger partial charge >= 0.3 is 0 Å². The molecule has 0 fully saturated rings. The van der Waals surface area contributed by atoms with E-state index in [4.69, 9.17) is 9.97 Å². The molecule has 128 valence electrons. The molecule has 0 spiro atoms. The lowest BCUT2D eigenvalue weighted by molar-refractivity contribution is 0.612. The highest BCUT2D eigenvalue weighted by molar-refractivity contribution is 7.09. The van der Waals surface area contributed by atoms with E-state index < -0.39 is 0 Å². The second-order valence-electron chi connectivity index (χ2n) is 6.59. The van der Waals surface area contributed by atoms with Crippen LogP contribution < -0.4 is 0 Å². The average Bonchev–Trinajstić information content (AvgIpc) is 3.01. The fourth-order valence-electron chi connectivity index (χ4n) is 3.06. The first-order chi connectivity index (χ1) is 11.3. The number of unbranched alkanes of at least 4 members (excludes halogenated alkanes) is 8. The molecule has 0 atom stereocenters.